The van der Waals surface area contributed by atoms with Crippen molar-refractivity contribution in [3.63, 3.8) is 0 Å². The van der Waals surface area contributed by atoms with Crippen LogP contribution in [0.15, 0.2) is 24.3 Å². The van der Waals surface area contributed by atoms with Gasteiger partial charge in [-0.1, -0.05) is 63.5 Å². The lowest BCUT2D eigenvalue weighted by Crippen LogP contribution is -2.63. The van der Waals surface area contributed by atoms with Gasteiger partial charge in [0.2, 0.25) is 0 Å². The van der Waals surface area contributed by atoms with Crippen LogP contribution in [0.1, 0.15) is 6.42 Å². The number of nitrogens with one attached hydrogen (secondary N) is 2. The van der Waals surface area contributed by atoms with Crippen LogP contribution in [-0.4, -0.2) is 40.9 Å². The molecule has 3 rings (SSSR count). The Labute approximate surface area is 138 Å². The van der Waals surface area contributed by atoms with Crippen molar-refractivity contribution < 1.29 is 0 Å². The highest BCUT2D eigenvalue weighted by molar-refractivity contribution is 6.79. The number of hydrogen-bond acceptors (Lipinski definition) is 3. The van der Waals surface area contributed by atoms with Crippen molar-refractivity contribution in [1.29, 1.82) is 0 Å². The number of rotatable bonds is 3. The van der Waals surface area contributed by atoms with Crippen molar-refractivity contribution in [2.45, 2.75) is 50.2 Å². The number of nitrogens with zero attached hydrogens (tertiary/aromatic N) is 1. The summed E-state index contributed by atoms with van der Waals surface area (Å²) in [4.78, 5) is 0. The normalized spacial score (nSPS) is 36.6. The van der Waals surface area contributed by atoms with Crippen LogP contribution in [0.3, 0.4) is 0 Å². The van der Waals surface area contributed by atoms with E-state index in [2.05, 4.69) is 72.2 Å². The SMILES string of the molecule is C[Si](C)(C)C1CC([Si](C)(C)N2CNCNC2)C2C=CC=CC21. The second-order valence-electron chi connectivity index (χ2n) is 8.93. The molecule has 0 spiro atoms. The first kappa shape index (κ1) is 16.6. The molecule has 0 aromatic rings. The molecule has 3 nitrogen and oxygen atoms in total. The van der Waals surface area contributed by atoms with Gasteiger partial charge in [0.15, 0.2) is 0 Å². The molecule has 1 saturated heterocycles. The van der Waals surface area contributed by atoms with Gasteiger partial charge in [-0.25, -0.2) is 0 Å². The molecule has 2 N–H and O–H groups in total. The second-order valence-corrected chi connectivity index (χ2v) is 19.1. The standard InChI is InChI=1S/C17H33N3Si2/c1-21(2,3)16-10-17(15-9-7-6-8-14(15)16)22(4,5)20-12-18-11-19-13-20/h6-9,14-19H,10-13H2,1-5H3. The zero-order valence-corrected chi connectivity index (χ0v) is 16.9. The zero-order chi connectivity index (χ0) is 16.0. The Kier molecular flexibility index (Phi) is 4.55. The average Bonchev–Trinajstić information content (AvgIpc) is 2.88. The Bertz CT molecular complexity index is 461. The summed E-state index contributed by atoms with van der Waals surface area (Å²) in [7, 11) is -2.57. The maximum absolute atomic E-state index is 3.50. The highest BCUT2D eigenvalue weighted by Crippen LogP contribution is 2.58. The van der Waals surface area contributed by atoms with Gasteiger partial charge >= 0.3 is 0 Å². The summed E-state index contributed by atoms with van der Waals surface area (Å²) in [6.07, 6.45) is 11.1. The van der Waals surface area contributed by atoms with Gasteiger partial charge in [-0.15, -0.1) is 0 Å². The summed E-state index contributed by atoms with van der Waals surface area (Å²) in [5.41, 5.74) is 1.83. The molecule has 1 saturated carbocycles. The van der Waals surface area contributed by atoms with Gasteiger partial charge in [-0.2, -0.15) is 0 Å². The molecule has 2 aliphatic carbocycles. The predicted octanol–water partition coefficient (Wildman–Crippen LogP) is 3.40. The molecule has 22 heavy (non-hydrogen) atoms. The summed E-state index contributed by atoms with van der Waals surface area (Å²) >= 11 is 0. The third kappa shape index (κ3) is 2.94. The predicted molar refractivity (Wildman–Crippen MR) is 101 cm³/mol. The molecule has 0 radical (unpaired) electrons. The van der Waals surface area contributed by atoms with Gasteiger partial charge < -0.3 is 0 Å². The van der Waals surface area contributed by atoms with Crippen molar-refractivity contribution >= 4 is 16.3 Å². The van der Waals surface area contributed by atoms with E-state index < -0.39 is 16.3 Å². The Morgan fingerprint density at radius 3 is 1.95 bits per heavy atom. The molecular weight excluding hydrogens is 302 g/mol. The first-order chi connectivity index (χ1) is 10.3. The monoisotopic (exact) mass is 335 g/mol. The van der Waals surface area contributed by atoms with E-state index in [1.54, 1.807) is 0 Å². The van der Waals surface area contributed by atoms with Crippen LogP contribution in [0, 0.1) is 11.8 Å². The molecule has 4 atom stereocenters. The maximum Gasteiger partial charge on any atom is 0.128 e. The molecule has 124 valence electrons. The van der Waals surface area contributed by atoms with E-state index in [1.165, 1.54) is 6.42 Å². The summed E-state index contributed by atoms with van der Waals surface area (Å²) in [6.45, 7) is 16.0. The fourth-order valence-electron chi connectivity index (χ4n) is 4.89. The van der Waals surface area contributed by atoms with Crippen LogP contribution in [0.5, 0.6) is 0 Å². The first-order valence-corrected chi connectivity index (χ1v) is 15.4. The first-order valence-electron chi connectivity index (χ1n) is 8.83. The number of fused-ring (bicyclic) bond motifs is 1. The number of hydrogen-bond donors (Lipinski definition) is 2. The molecule has 1 aliphatic heterocycles. The summed E-state index contributed by atoms with van der Waals surface area (Å²) in [5.74, 6) is 1.59. The molecule has 1 heterocycles. The van der Waals surface area contributed by atoms with Crippen LogP contribution in [-0.2, 0) is 0 Å². The maximum atomic E-state index is 3.50. The molecule has 3 aliphatic rings. The number of allylic oxidation sites excluding steroid dienone is 4. The molecule has 5 heteroatoms. The van der Waals surface area contributed by atoms with Gasteiger partial charge in [-0.3, -0.25) is 15.2 Å². The third-order valence-corrected chi connectivity index (χ3v) is 13.6. The largest absolute Gasteiger partial charge is 0.299 e. The van der Waals surface area contributed by atoms with Gasteiger partial charge in [0.25, 0.3) is 0 Å². The van der Waals surface area contributed by atoms with Crippen LogP contribution in [0.4, 0.5) is 0 Å². The minimum absolute atomic E-state index is 0.783. The Balaban J connectivity index is 1.86. The van der Waals surface area contributed by atoms with E-state index in [0.717, 1.165) is 42.9 Å². The lowest BCUT2D eigenvalue weighted by molar-refractivity contribution is 0.283. The van der Waals surface area contributed by atoms with Crippen LogP contribution in [0.2, 0.25) is 43.8 Å². The average molecular weight is 336 g/mol. The Hall–Kier alpha value is -0.206. The van der Waals surface area contributed by atoms with E-state index in [4.69, 9.17) is 0 Å². The van der Waals surface area contributed by atoms with E-state index in [9.17, 15) is 0 Å². The molecule has 0 aromatic heterocycles. The molecule has 0 bridgehead atoms. The van der Waals surface area contributed by atoms with Crippen molar-refractivity contribution in [3.8, 4) is 0 Å². The van der Waals surface area contributed by atoms with Gasteiger partial charge in [-0.05, 0) is 22.9 Å². The van der Waals surface area contributed by atoms with Gasteiger partial charge in [0.1, 0.15) is 8.24 Å². The fourth-order valence-corrected chi connectivity index (χ4v) is 11.2. The molecule has 0 amide bonds. The van der Waals surface area contributed by atoms with Crippen molar-refractivity contribution in [1.82, 2.24) is 15.2 Å². The molecular formula is C17H33N3Si2. The summed E-state index contributed by atoms with van der Waals surface area (Å²) in [5, 5.41) is 7.01. The molecule has 4 unspecified atom stereocenters. The lowest BCUT2D eigenvalue weighted by Gasteiger charge is -2.45. The van der Waals surface area contributed by atoms with Gasteiger partial charge in [0, 0.05) is 28.1 Å². The Morgan fingerprint density at radius 2 is 1.41 bits per heavy atom. The highest BCUT2D eigenvalue weighted by atomic mass is 28.3. The Morgan fingerprint density at radius 1 is 0.864 bits per heavy atom. The summed E-state index contributed by atoms with van der Waals surface area (Å²) < 4.78 is 2.73. The second kappa shape index (κ2) is 6.02. The quantitative estimate of drug-likeness (QED) is 0.774. The topological polar surface area (TPSA) is 27.3 Å². The third-order valence-electron chi connectivity index (χ3n) is 6.35. The van der Waals surface area contributed by atoms with Crippen LogP contribution < -0.4 is 10.6 Å². The smallest absolute Gasteiger partial charge is 0.128 e. The van der Waals surface area contributed by atoms with Gasteiger partial charge in [0.05, 0.1) is 0 Å². The highest BCUT2D eigenvalue weighted by Gasteiger charge is 2.53. The van der Waals surface area contributed by atoms with E-state index >= 15 is 0 Å². The van der Waals surface area contributed by atoms with E-state index in [1.807, 2.05) is 0 Å². The molecule has 2 fully saturated rings. The van der Waals surface area contributed by atoms with Crippen molar-refractivity contribution in [2.24, 2.45) is 11.8 Å². The fraction of sp³-hybridized carbons (Fsp3) is 0.765. The van der Waals surface area contributed by atoms with Crippen molar-refractivity contribution in [2.75, 3.05) is 20.0 Å². The minimum atomic E-state index is -1.45. The van der Waals surface area contributed by atoms with E-state index in [-0.39, 0.29) is 0 Å². The van der Waals surface area contributed by atoms with Crippen LogP contribution in [0.25, 0.3) is 0 Å². The summed E-state index contributed by atoms with van der Waals surface area (Å²) in [6, 6.07) is 0. The minimum Gasteiger partial charge on any atom is -0.299 e. The van der Waals surface area contributed by atoms with Crippen molar-refractivity contribution in [3.05, 3.63) is 24.3 Å². The lowest BCUT2D eigenvalue weighted by atomic mass is 9.91. The molecule has 0 aromatic carbocycles. The van der Waals surface area contributed by atoms with Crippen LogP contribution >= 0.6 is 0 Å². The van der Waals surface area contributed by atoms with E-state index in [0.29, 0.717) is 0 Å². The zero-order valence-electron chi connectivity index (χ0n) is 14.9.